The van der Waals surface area contributed by atoms with E-state index in [4.69, 9.17) is 0 Å². The molecule has 0 fully saturated rings. The highest BCUT2D eigenvalue weighted by atomic mass is 14.7. The summed E-state index contributed by atoms with van der Waals surface area (Å²) in [5.74, 6) is 0. The number of rotatable bonds is 4. The van der Waals surface area contributed by atoms with Crippen LogP contribution < -0.4 is 0 Å². The maximum absolute atomic E-state index is 3.76. The van der Waals surface area contributed by atoms with Crippen LogP contribution in [0.4, 0.5) is 0 Å². The first-order valence-electron chi connectivity index (χ1n) is 2.67. The third-order valence-corrected chi connectivity index (χ3v) is 0.632. The van der Waals surface area contributed by atoms with Crippen LogP contribution in [-0.4, -0.2) is 12.4 Å². The van der Waals surface area contributed by atoms with Crippen molar-refractivity contribution in [1.82, 2.24) is 0 Å². The van der Waals surface area contributed by atoms with Crippen molar-refractivity contribution >= 4 is 12.4 Å². The maximum atomic E-state index is 3.76. The summed E-state index contributed by atoms with van der Waals surface area (Å²) < 4.78 is 0. The summed E-state index contributed by atoms with van der Waals surface area (Å²) in [4.78, 5) is 7.51. The molecule has 0 aromatic rings. The lowest BCUT2D eigenvalue weighted by Crippen LogP contribution is -1.73. The number of nitrogens with zero attached hydrogens (tertiary/aromatic N) is 2. The molecule has 0 saturated carbocycles. The minimum Gasteiger partial charge on any atom is -0.269 e. The van der Waals surface area contributed by atoms with Crippen molar-refractivity contribution in [2.75, 3.05) is 0 Å². The average molecular weight is 122 g/mol. The van der Waals surface area contributed by atoms with Gasteiger partial charge in [0.05, 0.1) is 0 Å². The monoisotopic (exact) mass is 122 g/mol. The predicted octanol–water partition coefficient (Wildman–Crippen LogP) is 1.81. The van der Waals surface area contributed by atoms with Crippen LogP contribution >= 0.6 is 0 Å². The van der Waals surface area contributed by atoms with Crippen LogP contribution in [0.25, 0.3) is 0 Å². The molecule has 2 heteroatoms. The smallest absolute Gasteiger partial charge is 0.0192 e. The first kappa shape index (κ1) is 7.82. The lowest BCUT2D eigenvalue weighted by atomic mass is 10.5. The SMILES string of the molecule is C=CN=CCC=NC=C. The lowest BCUT2D eigenvalue weighted by Gasteiger charge is -1.75. The maximum Gasteiger partial charge on any atom is 0.0192 e. The van der Waals surface area contributed by atoms with Crippen molar-refractivity contribution in [1.29, 1.82) is 0 Å². The molecule has 0 saturated heterocycles. The molecule has 0 rings (SSSR count). The molecule has 0 N–H and O–H groups in total. The van der Waals surface area contributed by atoms with E-state index in [2.05, 4.69) is 23.1 Å². The van der Waals surface area contributed by atoms with E-state index >= 15 is 0 Å². The highest BCUT2D eigenvalue weighted by Gasteiger charge is 1.66. The molecule has 0 spiro atoms. The van der Waals surface area contributed by atoms with Gasteiger partial charge in [0.1, 0.15) is 0 Å². The van der Waals surface area contributed by atoms with E-state index in [0.29, 0.717) is 0 Å². The van der Waals surface area contributed by atoms with E-state index in [1.807, 2.05) is 0 Å². The summed E-state index contributed by atoms with van der Waals surface area (Å²) in [7, 11) is 0. The van der Waals surface area contributed by atoms with Gasteiger partial charge in [0.2, 0.25) is 0 Å². The molecule has 48 valence electrons. The second kappa shape index (κ2) is 6.82. The average Bonchev–Trinajstić information content (AvgIpc) is 1.89. The van der Waals surface area contributed by atoms with Crippen LogP contribution in [0.5, 0.6) is 0 Å². The second-order valence-electron chi connectivity index (χ2n) is 1.26. The number of hydrogen-bond acceptors (Lipinski definition) is 2. The van der Waals surface area contributed by atoms with Crippen molar-refractivity contribution in [3.05, 3.63) is 25.6 Å². The van der Waals surface area contributed by atoms with Crippen molar-refractivity contribution in [2.24, 2.45) is 9.98 Å². The molecule has 0 amide bonds. The Morgan fingerprint density at radius 2 is 1.44 bits per heavy atom. The van der Waals surface area contributed by atoms with Crippen molar-refractivity contribution < 1.29 is 0 Å². The first-order valence-corrected chi connectivity index (χ1v) is 2.67. The molecule has 0 atom stereocenters. The van der Waals surface area contributed by atoms with E-state index in [1.165, 1.54) is 12.4 Å². The van der Waals surface area contributed by atoms with Gasteiger partial charge in [-0.15, -0.1) is 0 Å². The van der Waals surface area contributed by atoms with Gasteiger partial charge in [-0.05, 0) is 0 Å². The molecule has 0 heterocycles. The Morgan fingerprint density at radius 1 is 1.00 bits per heavy atom. The minimum atomic E-state index is 0.734. The topological polar surface area (TPSA) is 24.7 Å². The Labute approximate surface area is 55.3 Å². The highest BCUT2D eigenvalue weighted by Crippen LogP contribution is 1.71. The van der Waals surface area contributed by atoms with Gasteiger partial charge >= 0.3 is 0 Å². The van der Waals surface area contributed by atoms with Crippen molar-refractivity contribution in [3.63, 3.8) is 0 Å². The van der Waals surface area contributed by atoms with Crippen LogP contribution in [-0.2, 0) is 0 Å². The molecular weight excluding hydrogens is 112 g/mol. The zero-order valence-corrected chi connectivity index (χ0v) is 5.33. The van der Waals surface area contributed by atoms with Gasteiger partial charge in [0.25, 0.3) is 0 Å². The van der Waals surface area contributed by atoms with Crippen molar-refractivity contribution in [2.45, 2.75) is 6.42 Å². The Hall–Kier alpha value is -1.18. The van der Waals surface area contributed by atoms with E-state index in [9.17, 15) is 0 Å². The molecule has 0 aromatic heterocycles. The largest absolute Gasteiger partial charge is 0.269 e. The summed E-state index contributed by atoms with van der Waals surface area (Å²) in [5, 5.41) is 0. The molecule has 0 unspecified atom stereocenters. The molecule has 0 aliphatic rings. The van der Waals surface area contributed by atoms with Crippen LogP contribution in [0.15, 0.2) is 35.5 Å². The second-order valence-corrected chi connectivity index (χ2v) is 1.26. The van der Waals surface area contributed by atoms with Gasteiger partial charge in [-0.3, -0.25) is 9.98 Å². The molecule has 9 heavy (non-hydrogen) atoms. The zero-order valence-electron chi connectivity index (χ0n) is 5.33. The van der Waals surface area contributed by atoms with E-state index in [1.54, 1.807) is 12.4 Å². The Balaban J connectivity index is 3.27. The fourth-order valence-electron chi connectivity index (χ4n) is 0.318. The highest BCUT2D eigenvalue weighted by molar-refractivity contribution is 5.79. The summed E-state index contributed by atoms with van der Waals surface area (Å²) in [6, 6.07) is 0. The fraction of sp³-hybridized carbons (Fsp3) is 0.143. The van der Waals surface area contributed by atoms with Gasteiger partial charge in [-0.2, -0.15) is 0 Å². The van der Waals surface area contributed by atoms with E-state index < -0.39 is 0 Å². The van der Waals surface area contributed by atoms with Gasteiger partial charge in [-0.25, -0.2) is 0 Å². The molecule has 0 aliphatic carbocycles. The number of aliphatic imine (C=N–C) groups is 2. The van der Waals surface area contributed by atoms with Gasteiger partial charge < -0.3 is 0 Å². The van der Waals surface area contributed by atoms with Gasteiger partial charge in [-0.1, -0.05) is 13.2 Å². The van der Waals surface area contributed by atoms with Crippen LogP contribution in [0.3, 0.4) is 0 Å². The summed E-state index contributed by atoms with van der Waals surface area (Å²) >= 11 is 0. The Kier molecular flexibility index (Phi) is 5.93. The van der Waals surface area contributed by atoms with E-state index in [-0.39, 0.29) is 0 Å². The van der Waals surface area contributed by atoms with Crippen LogP contribution in [0, 0.1) is 0 Å². The molecule has 0 bridgehead atoms. The quantitative estimate of drug-likeness (QED) is 0.508. The standard InChI is InChI=1S/C7H10N2/c1-3-8-6-5-7-9-4-2/h3-4,6-7H,1-2,5H2. The van der Waals surface area contributed by atoms with Gasteiger partial charge in [0, 0.05) is 31.2 Å². The summed E-state index contributed by atoms with van der Waals surface area (Å²) in [6.07, 6.45) is 7.15. The lowest BCUT2D eigenvalue weighted by molar-refractivity contribution is 1.52. The molecule has 0 aliphatic heterocycles. The first-order chi connectivity index (χ1) is 4.41. The van der Waals surface area contributed by atoms with Crippen molar-refractivity contribution in [3.8, 4) is 0 Å². The van der Waals surface area contributed by atoms with Crippen LogP contribution in [0.2, 0.25) is 0 Å². The molecule has 0 aromatic carbocycles. The number of hydrogen-bond donors (Lipinski definition) is 0. The fourth-order valence-corrected chi connectivity index (χ4v) is 0.318. The summed E-state index contributed by atoms with van der Waals surface area (Å²) in [5.41, 5.74) is 0. The molecular formula is C7H10N2. The minimum absolute atomic E-state index is 0.734. The zero-order chi connectivity index (χ0) is 6.95. The third kappa shape index (κ3) is 6.82. The normalized spacial score (nSPS) is 10.7. The Bertz CT molecular complexity index is 118. The molecule has 2 nitrogen and oxygen atoms in total. The Morgan fingerprint density at radius 3 is 1.78 bits per heavy atom. The van der Waals surface area contributed by atoms with Gasteiger partial charge in [0.15, 0.2) is 0 Å². The predicted molar refractivity (Wildman–Crippen MR) is 42.0 cm³/mol. The van der Waals surface area contributed by atoms with E-state index in [0.717, 1.165) is 6.42 Å². The third-order valence-electron chi connectivity index (χ3n) is 0.632. The van der Waals surface area contributed by atoms with Crippen LogP contribution in [0.1, 0.15) is 6.42 Å². The molecule has 0 radical (unpaired) electrons. The summed E-state index contributed by atoms with van der Waals surface area (Å²) in [6.45, 7) is 6.83.